The molecule has 2 nitrogen and oxygen atoms in total. The molecule has 150 valence electrons. The normalized spacial score (nSPS) is 13.7. The minimum atomic E-state index is -3.29. The maximum absolute atomic E-state index is 14.0. The van der Waals surface area contributed by atoms with Crippen LogP contribution in [-0.4, -0.2) is 25.1 Å². The van der Waals surface area contributed by atoms with Crippen molar-refractivity contribution in [3.63, 3.8) is 0 Å². The molecule has 0 aromatic heterocycles. The summed E-state index contributed by atoms with van der Waals surface area (Å²) in [7, 11) is 0. The number of rotatable bonds is 6. The molecule has 0 saturated heterocycles. The largest absolute Gasteiger partial charge is 0.484 e. The van der Waals surface area contributed by atoms with Gasteiger partial charge in [-0.25, -0.2) is 17.6 Å². The van der Waals surface area contributed by atoms with Gasteiger partial charge in [0.15, 0.2) is 24.7 Å². The van der Waals surface area contributed by atoms with E-state index in [0.717, 1.165) is 12.1 Å². The van der Waals surface area contributed by atoms with Crippen LogP contribution in [0.4, 0.5) is 26.3 Å². The van der Waals surface area contributed by atoms with E-state index in [0.29, 0.717) is 0 Å². The number of benzene rings is 1. The highest BCUT2D eigenvalue weighted by atomic mass is 19.3. The smallest absolute Gasteiger partial charge is 0.286 e. The Morgan fingerprint density at radius 2 is 0.923 bits per heavy atom. The lowest BCUT2D eigenvalue weighted by molar-refractivity contribution is -0.125. The molecule has 0 radical (unpaired) electrons. The molecular weight excluding hydrogens is 362 g/mol. The number of ether oxygens (including phenoxy) is 2. The van der Waals surface area contributed by atoms with Crippen molar-refractivity contribution < 1.29 is 35.8 Å². The van der Waals surface area contributed by atoms with Crippen molar-refractivity contribution in [2.75, 3.05) is 13.2 Å². The lowest BCUT2D eigenvalue weighted by Gasteiger charge is -2.30. The van der Waals surface area contributed by atoms with Gasteiger partial charge in [-0.2, -0.15) is 8.78 Å². The van der Waals surface area contributed by atoms with Gasteiger partial charge in [0, 0.05) is 10.8 Å². The summed E-state index contributed by atoms with van der Waals surface area (Å²) in [6.45, 7) is 5.35. The second-order valence-corrected chi connectivity index (χ2v) is 8.18. The Morgan fingerprint density at radius 1 is 0.654 bits per heavy atom. The molecule has 0 saturated carbocycles. The zero-order valence-electron chi connectivity index (χ0n) is 15.7. The zero-order valence-corrected chi connectivity index (χ0v) is 15.7. The first-order valence-corrected chi connectivity index (χ1v) is 7.99. The van der Waals surface area contributed by atoms with Crippen LogP contribution in [0.15, 0.2) is 12.1 Å². The highest BCUT2D eigenvalue weighted by Crippen LogP contribution is 2.38. The molecule has 0 atom stereocenters. The topological polar surface area (TPSA) is 18.5 Å². The average Bonchev–Trinajstić information content (AvgIpc) is 2.45. The van der Waals surface area contributed by atoms with Gasteiger partial charge in [0.1, 0.15) is 0 Å². The third-order valence-electron chi connectivity index (χ3n) is 4.02. The van der Waals surface area contributed by atoms with E-state index >= 15 is 0 Å². The van der Waals surface area contributed by atoms with E-state index < -0.39 is 59.0 Å². The van der Waals surface area contributed by atoms with Crippen molar-refractivity contribution >= 4 is 0 Å². The Bertz CT molecular complexity index is 575. The van der Waals surface area contributed by atoms with E-state index in [1.54, 1.807) is 0 Å². The number of hydrogen-bond acceptors (Lipinski definition) is 2. The summed E-state index contributed by atoms with van der Waals surface area (Å²) in [4.78, 5) is 0. The second-order valence-electron chi connectivity index (χ2n) is 8.18. The van der Waals surface area contributed by atoms with Gasteiger partial charge in [-0.3, -0.25) is 0 Å². The Hall–Kier alpha value is -1.60. The Morgan fingerprint density at radius 3 is 1.15 bits per heavy atom. The number of halogens is 6. The second kappa shape index (κ2) is 7.19. The van der Waals surface area contributed by atoms with Crippen LogP contribution >= 0.6 is 0 Å². The van der Waals surface area contributed by atoms with Crippen molar-refractivity contribution in [1.82, 2.24) is 0 Å². The SMILES string of the molecule is CC(C)(C)C(F)(F)COc1ccc(OCC(F)(F)C(C)(C)C)c(F)c1F. The van der Waals surface area contributed by atoms with Crippen molar-refractivity contribution in [2.24, 2.45) is 10.8 Å². The standard InChI is InChI=1S/C18H24F6O2/c1-15(2,3)17(21,22)9-25-11-7-8-12(14(20)13(11)19)26-10-18(23,24)16(4,5)6/h7-8H,9-10H2,1-6H3. The van der Waals surface area contributed by atoms with E-state index in [9.17, 15) is 26.3 Å². The van der Waals surface area contributed by atoms with Crippen LogP contribution < -0.4 is 9.47 Å². The van der Waals surface area contributed by atoms with E-state index in [-0.39, 0.29) is 0 Å². The highest BCUT2D eigenvalue weighted by molar-refractivity contribution is 5.35. The van der Waals surface area contributed by atoms with E-state index in [1.807, 2.05) is 0 Å². The Labute approximate surface area is 149 Å². The van der Waals surface area contributed by atoms with Crippen LogP contribution in [0.3, 0.4) is 0 Å². The molecule has 26 heavy (non-hydrogen) atoms. The van der Waals surface area contributed by atoms with Gasteiger partial charge in [0.2, 0.25) is 11.6 Å². The van der Waals surface area contributed by atoms with Gasteiger partial charge in [-0.05, 0) is 12.1 Å². The van der Waals surface area contributed by atoms with Crippen molar-refractivity contribution in [2.45, 2.75) is 53.4 Å². The van der Waals surface area contributed by atoms with Crippen LogP contribution in [0.1, 0.15) is 41.5 Å². The summed E-state index contributed by atoms with van der Waals surface area (Å²) >= 11 is 0. The fourth-order valence-electron chi connectivity index (χ4n) is 1.51. The fraction of sp³-hybridized carbons (Fsp3) is 0.667. The molecular formula is C18H24F6O2. The molecule has 8 heteroatoms. The number of hydrogen-bond donors (Lipinski definition) is 0. The fourth-order valence-corrected chi connectivity index (χ4v) is 1.51. The third kappa shape index (κ3) is 4.98. The first-order chi connectivity index (χ1) is 11.5. The van der Waals surface area contributed by atoms with E-state index in [1.165, 1.54) is 41.5 Å². The minimum Gasteiger partial charge on any atom is -0.484 e. The third-order valence-corrected chi connectivity index (χ3v) is 4.02. The molecule has 1 aromatic carbocycles. The lowest BCUT2D eigenvalue weighted by atomic mass is 9.88. The summed E-state index contributed by atoms with van der Waals surface area (Å²) < 4.78 is 92.7. The summed E-state index contributed by atoms with van der Waals surface area (Å²) in [5, 5.41) is 0. The highest BCUT2D eigenvalue weighted by Gasteiger charge is 2.45. The van der Waals surface area contributed by atoms with Crippen molar-refractivity contribution in [3.05, 3.63) is 23.8 Å². The van der Waals surface area contributed by atoms with Crippen LogP contribution in [0, 0.1) is 22.5 Å². The van der Waals surface area contributed by atoms with Crippen LogP contribution in [0.5, 0.6) is 11.5 Å². The molecule has 0 heterocycles. The molecule has 1 rings (SSSR count). The summed E-state index contributed by atoms with van der Waals surface area (Å²) in [5.74, 6) is -11.2. The molecule has 0 spiro atoms. The van der Waals surface area contributed by atoms with Crippen LogP contribution in [0.25, 0.3) is 0 Å². The van der Waals surface area contributed by atoms with Gasteiger partial charge < -0.3 is 9.47 Å². The first-order valence-electron chi connectivity index (χ1n) is 7.99. The van der Waals surface area contributed by atoms with Crippen molar-refractivity contribution in [3.8, 4) is 11.5 Å². The van der Waals surface area contributed by atoms with E-state index in [2.05, 4.69) is 0 Å². The zero-order chi connectivity index (χ0) is 20.6. The minimum absolute atomic E-state index is 0.749. The quantitative estimate of drug-likeness (QED) is 0.551. The van der Waals surface area contributed by atoms with Crippen LogP contribution in [0.2, 0.25) is 0 Å². The van der Waals surface area contributed by atoms with Gasteiger partial charge in [0.05, 0.1) is 0 Å². The first kappa shape index (κ1) is 22.4. The lowest BCUT2D eigenvalue weighted by Crippen LogP contribution is -2.40. The van der Waals surface area contributed by atoms with Gasteiger partial charge >= 0.3 is 0 Å². The molecule has 0 aliphatic rings. The molecule has 0 N–H and O–H groups in total. The summed E-state index contributed by atoms with van der Waals surface area (Å²) in [5.41, 5.74) is -2.88. The van der Waals surface area contributed by atoms with Crippen LogP contribution in [-0.2, 0) is 0 Å². The maximum Gasteiger partial charge on any atom is 0.286 e. The molecule has 0 aliphatic carbocycles. The molecule has 0 unspecified atom stereocenters. The van der Waals surface area contributed by atoms with Gasteiger partial charge in [-0.1, -0.05) is 41.5 Å². The predicted molar refractivity (Wildman–Crippen MR) is 86.2 cm³/mol. The maximum atomic E-state index is 14.0. The Balaban J connectivity index is 2.90. The van der Waals surface area contributed by atoms with Gasteiger partial charge in [-0.15, -0.1) is 0 Å². The summed E-state index contributed by atoms with van der Waals surface area (Å²) in [6.07, 6.45) is 0. The van der Waals surface area contributed by atoms with E-state index in [4.69, 9.17) is 9.47 Å². The molecule has 1 aromatic rings. The average molecular weight is 386 g/mol. The molecule has 0 aliphatic heterocycles. The molecule has 0 fully saturated rings. The van der Waals surface area contributed by atoms with Crippen molar-refractivity contribution in [1.29, 1.82) is 0 Å². The van der Waals surface area contributed by atoms with Gasteiger partial charge in [0.25, 0.3) is 11.8 Å². The predicted octanol–water partition coefficient (Wildman–Crippen LogP) is 6.09. The Kier molecular flexibility index (Phi) is 6.21. The summed E-state index contributed by atoms with van der Waals surface area (Å²) in [6, 6.07) is 1.73. The number of alkyl halides is 4. The molecule has 0 amide bonds. The molecule has 0 bridgehead atoms. The monoisotopic (exact) mass is 386 g/mol.